The number of hydrogen-bond donors (Lipinski definition) is 2. The lowest BCUT2D eigenvalue weighted by Crippen LogP contribution is -2.47. The number of carboxylic acid groups (broad SMARTS) is 2. The number of likely N-dealkylation sites (tertiary alicyclic amines) is 1. The third-order valence-corrected chi connectivity index (χ3v) is 2.78. The summed E-state index contributed by atoms with van der Waals surface area (Å²) in [5.41, 5.74) is 0. The molecule has 7 nitrogen and oxygen atoms in total. The van der Waals surface area contributed by atoms with Crippen molar-refractivity contribution in [1.29, 1.82) is 0 Å². The van der Waals surface area contributed by atoms with Crippen LogP contribution in [-0.2, 0) is 14.3 Å². The van der Waals surface area contributed by atoms with Crippen molar-refractivity contribution in [2.24, 2.45) is 5.92 Å². The predicted octanol–water partition coefficient (Wildman–Crippen LogP) is -0.983. The summed E-state index contributed by atoms with van der Waals surface area (Å²) in [6.07, 6.45) is -1.39. The molecule has 82 valence electrons. The van der Waals surface area contributed by atoms with Crippen LogP contribution in [0.15, 0.2) is 0 Å². The van der Waals surface area contributed by atoms with E-state index in [2.05, 4.69) is 0 Å². The standard InChI is InChI=1S/C8H9NO6/c10-6-3-1-15-2-4(3)9(8(13)14)5(6)7(11)12/h3-5H,1-2H2,(H,11,12)(H,13,14)/t3-,4+,5?/m0/s1. The summed E-state index contributed by atoms with van der Waals surface area (Å²) in [5, 5.41) is 17.6. The number of aliphatic carboxylic acids is 1. The summed E-state index contributed by atoms with van der Waals surface area (Å²) in [5.74, 6) is -2.62. The molecule has 2 rings (SSSR count). The molecule has 0 aromatic heterocycles. The van der Waals surface area contributed by atoms with Crippen molar-refractivity contribution in [3.8, 4) is 0 Å². The Hall–Kier alpha value is -1.63. The van der Waals surface area contributed by atoms with Crippen LogP contribution in [0, 0.1) is 5.92 Å². The van der Waals surface area contributed by atoms with Gasteiger partial charge in [-0.05, 0) is 0 Å². The van der Waals surface area contributed by atoms with Gasteiger partial charge in [0, 0.05) is 0 Å². The maximum Gasteiger partial charge on any atom is 0.408 e. The molecule has 2 saturated heterocycles. The molecular formula is C8H9NO6. The monoisotopic (exact) mass is 215 g/mol. The van der Waals surface area contributed by atoms with Crippen LogP contribution in [0.2, 0.25) is 0 Å². The van der Waals surface area contributed by atoms with Gasteiger partial charge in [-0.1, -0.05) is 0 Å². The van der Waals surface area contributed by atoms with E-state index in [-0.39, 0.29) is 13.2 Å². The highest BCUT2D eigenvalue weighted by molar-refractivity contribution is 6.08. The lowest BCUT2D eigenvalue weighted by molar-refractivity contribution is -0.145. The molecule has 0 aliphatic carbocycles. The van der Waals surface area contributed by atoms with Gasteiger partial charge in [0.2, 0.25) is 0 Å². The average Bonchev–Trinajstić information content (AvgIpc) is 2.66. The van der Waals surface area contributed by atoms with Gasteiger partial charge in [-0.3, -0.25) is 9.69 Å². The van der Waals surface area contributed by atoms with E-state index in [1.165, 1.54) is 0 Å². The Balaban J connectivity index is 2.35. The second-order valence-electron chi connectivity index (χ2n) is 3.54. The zero-order valence-electron chi connectivity index (χ0n) is 7.62. The van der Waals surface area contributed by atoms with Gasteiger partial charge in [-0.25, -0.2) is 9.59 Å². The number of carbonyl (C=O) groups excluding carboxylic acids is 1. The highest BCUT2D eigenvalue weighted by atomic mass is 16.5. The first-order chi connectivity index (χ1) is 7.04. The molecule has 3 atom stereocenters. The van der Waals surface area contributed by atoms with Gasteiger partial charge in [0.25, 0.3) is 0 Å². The number of Topliss-reactive ketones (excluding diaryl/α,β-unsaturated/α-hetero) is 1. The summed E-state index contributed by atoms with van der Waals surface area (Å²) < 4.78 is 4.97. The number of rotatable bonds is 1. The molecule has 0 radical (unpaired) electrons. The Kier molecular flexibility index (Phi) is 2.11. The van der Waals surface area contributed by atoms with Crippen LogP contribution in [0.4, 0.5) is 4.79 Å². The number of fused-ring (bicyclic) bond motifs is 1. The fraction of sp³-hybridized carbons (Fsp3) is 0.625. The van der Waals surface area contributed by atoms with Crippen molar-refractivity contribution in [2.75, 3.05) is 13.2 Å². The normalized spacial score (nSPS) is 34.3. The van der Waals surface area contributed by atoms with Gasteiger partial charge < -0.3 is 14.9 Å². The maximum atomic E-state index is 11.6. The lowest BCUT2D eigenvalue weighted by atomic mass is 10.0. The highest BCUT2D eigenvalue weighted by Crippen LogP contribution is 2.31. The molecule has 1 unspecified atom stereocenters. The number of hydrogen-bond acceptors (Lipinski definition) is 4. The quantitative estimate of drug-likeness (QED) is 0.544. The lowest BCUT2D eigenvalue weighted by Gasteiger charge is -2.21. The molecule has 15 heavy (non-hydrogen) atoms. The Bertz CT molecular complexity index is 340. The third-order valence-electron chi connectivity index (χ3n) is 2.78. The first-order valence-electron chi connectivity index (χ1n) is 4.39. The van der Waals surface area contributed by atoms with Gasteiger partial charge in [-0.15, -0.1) is 0 Å². The molecule has 0 bridgehead atoms. The molecule has 2 aliphatic heterocycles. The van der Waals surface area contributed by atoms with Crippen molar-refractivity contribution >= 4 is 17.8 Å². The Morgan fingerprint density at radius 3 is 2.53 bits per heavy atom. The summed E-state index contributed by atoms with van der Waals surface area (Å²) in [4.78, 5) is 33.9. The van der Waals surface area contributed by atoms with E-state index in [9.17, 15) is 14.4 Å². The van der Waals surface area contributed by atoms with Crippen molar-refractivity contribution in [2.45, 2.75) is 12.1 Å². The number of amides is 1. The van der Waals surface area contributed by atoms with Crippen molar-refractivity contribution in [3.05, 3.63) is 0 Å². The minimum Gasteiger partial charge on any atom is -0.479 e. The van der Waals surface area contributed by atoms with Crippen LogP contribution in [0.1, 0.15) is 0 Å². The molecule has 2 aliphatic rings. The number of ether oxygens (including phenoxy) is 1. The van der Waals surface area contributed by atoms with Gasteiger partial charge in [-0.2, -0.15) is 0 Å². The van der Waals surface area contributed by atoms with Gasteiger partial charge in [0.1, 0.15) is 0 Å². The van der Waals surface area contributed by atoms with Crippen molar-refractivity contribution in [1.82, 2.24) is 4.90 Å². The van der Waals surface area contributed by atoms with Gasteiger partial charge >= 0.3 is 12.1 Å². The zero-order chi connectivity index (χ0) is 11.2. The molecule has 0 saturated carbocycles. The van der Waals surface area contributed by atoms with E-state index < -0.39 is 35.8 Å². The maximum absolute atomic E-state index is 11.6. The Morgan fingerprint density at radius 1 is 1.33 bits per heavy atom. The van der Waals surface area contributed by atoms with Crippen molar-refractivity contribution in [3.63, 3.8) is 0 Å². The van der Waals surface area contributed by atoms with E-state index in [4.69, 9.17) is 14.9 Å². The molecule has 2 N–H and O–H groups in total. The number of nitrogens with zero attached hydrogens (tertiary/aromatic N) is 1. The summed E-state index contributed by atoms with van der Waals surface area (Å²) in [6, 6.07) is -2.21. The van der Waals surface area contributed by atoms with E-state index in [0.29, 0.717) is 4.90 Å². The van der Waals surface area contributed by atoms with Crippen LogP contribution in [0.25, 0.3) is 0 Å². The molecule has 0 aromatic rings. The Labute approximate surface area is 84.2 Å². The van der Waals surface area contributed by atoms with E-state index in [1.807, 2.05) is 0 Å². The largest absolute Gasteiger partial charge is 0.479 e. The third kappa shape index (κ3) is 1.27. The summed E-state index contributed by atoms with van der Waals surface area (Å²) in [7, 11) is 0. The highest BCUT2D eigenvalue weighted by Gasteiger charge is 2.56. The second-order valence-corrected chi connectivity index (χ2v) is 3.54. The molecular weight excluding hydrogens is 206 g/mol. The van der Waals surface area contributed by atoms with E-state index in [0.717, 1.165) is 0 Å². The second kappa shape index (κ2) is 3.20. The van der Waals surface area contributed by atoms with E-state index in [1.54, 1.807) is 0 Å². The number of ketones is 1. The van der Waals surface area contributed by atoms with Crippen molar-refractivity contribution < 1.29 is 29.3 Å². The Morgan fingerprint density at radius 2 is 2.00 bits per heavy atom. The SMILES string of the molecule is O=C(O)C1C(=O)[C@H]2COC[C@H]2N1C(=O)O. The fourth-order valence-electron chi connectivity index (χ4n) is 2.11. The minimum absolute atomic E-state index is 0.0898. The molecule has 7 heteroatoms. The molecule has 0 aromatic carbocycles. The zero-order valence-corrected chi connectivity index (χ0v) is 7.62. The number of carbonyl (C=O) groups is 3. The van der Waals surface area contributed by atoms with Crippen LogP contribution in [-0.4, -0.2) is 58.3 Å². The van der Waals surface area contributed by atoms with Crippen LogP contribution in [0.5, 0.6) is 0 Å². The van der Waals surface area contributed by atoms with Crippen LogP contribution in [0.3, 0.4) is 0 Å². The number of carboxylic acids is 1. The molecule has 1 amide bonds. The first-order valence-corrected chi connectivity index (χ1v) is 4.39. The molecule has 0 spiro atoms. The first kappa shape index (κ1) is 9.91. The van der Waals surface area contributed by atoms with Gasteiger partial charge in [0.15, 0.2) is 11.8 Å². The minimum atomic E-state index is -1.57. The van der Waals surface area contributed by atoms with Crippen LogP contribution >= 0.6 is 0 Å². The van der Waals surface area contributed by atoms with E-state index >= 15 is 0 Å². The fourth-order valence-corrected chi connectivity index (χ4v) is 2.11. The predicted molar refractivity (Wildman–Crippen MR) is 44.4 cm³/mol. The topological polar surface area (TPSA) is 104 Å². The smallest absolute Gasteiger partial charge is 0.408 e. The molecule has 2 heterocycles. The summed E-state index contributed by atoms with van der Waals surface area (Å²) in [6.45, 7) is 0.198. The van der Waals surface area contributed by atoms with Gasteiger partial charge in [0.05, 0.1) is 25.2 Å². The summed E-state index contributed by atoms with van der Waals surface area (Å²) >= 11 is 0. The van der Waals surface area contributed by atoms with Crippen LogP contribution < -0.4 is 0 Å². The molecule has 2 fully saturated rings. The average molecular weight is 215 g/mol.